The topological polar surface area (TPSA) is 89.1 Å². The second-order valence-corrected chi connectivity index (χ2v) is 9.60. The van der Waals surface area contributed by atoms with Gasteiger partial charge in [-0.2, -0.15) is 0 Å². The van der Waals surface area contributed by atoms with Crippen molar-refractivity contribution in [2.45, 2.75) is 25.4 Å². The molecular formula is C30H33N3O5. The molecule has 1 saturated heterocycles. The number of fused-ring (bicyclic) bond motifs is 1. The normalized spacial score (nSPS) is 16.9. The minimum Gasteiger partial charge on any atom is -0.493 e. The molecule has 3 aromatic carbocycles. The maximum atomic E-state index is 13.0. The van der Waals surface area contributed by atoms with Crippen LogP contribution in [0.3, 0.4) is 0 Å². The zero-order chi connectivity index (χ0) is 26.5. The van der Waals surface area contributed by atoms with E-state index in [1.54, 1.807) is 37.4 Å². The van der Waals surface area contributed by atoms with Gasteiger partial charge in [0.25, 0.3) is 11.8 Å². The molecule has 1 aliphatic carbocycles. The summed E-state index contributed by atoms with van der Waals surface area (Å²) < 4.78 is 16.0. The van der Waals surface area contributed by atoms with E-state index < -0.39 is 0 Å². The zero-order valence-corrected chi connectivity index (χ0v) is 21.8. The Kier molecular flexibility index (Phi) is 7.91. The van der Waals surface area contributed by atoms with Gasteiger partial charge >= 0.3 is 0 Å². The van der Waals surface area contributed by atoms with Crippen molar-refractivity contribution < 1.29 is 23.8 Å². The van der Waals surface area contributed by atoms with Crippen LogP contribution in [0.1, 0.15) is 37.4 Å². The van der Waals surface area contributed by atoms with Crippen molar-refractivity contribution in [1.29, 1.82) is 0 Å². The predicted molar refractivity (Wildman–Crippen MR) is 145 cm³/mol. The van der Waals surface area contributed by atoms with Crippen LogP contribution in [0.2, 0.25) is 0 Å². The molecule has 0 aromatic heterocycles. The van der Waals surface area contributed by atoms with Gasteiger partial charge in [-0.1, -0.05) is 18.2 Å². The van der Waals surface area contributed by atoms with Crippen LogP contribution in [0.5, 0.6) is 11.5 Å². The van der Waals surface area contributed by atoms with E-state index in [1.165, 1.54) is 18.2 Å². The Balaban J connectivity index is 1.19. The summed E-state index contributed by atoms with van der Waals surface area (Å²) in [5.74, 6) is 0.625. The van der Waals surface area contributed by atoms with Gasteiger partial charge in [0.1, 0.15) is 0 Å². The molecule has 1 unspecified atom stereocenters. The number of rotatable bonds is 8. The predicted octanol–water partition coefficient (Wildman–Crippen LogP) is 3.69. The van der Waals surface area contributed by atoms with Crippen LogP contribution in [-0.2, 0) is 24.1 Å². The lowest BCUT2D eigenvalue weighted by molar-refractivity contribution is 0.0187. The van der Waals surface area contributed by atoms with Crippen LogP contribution in [0.4, 0.5) is 5.69 Å². The summed E-state index contributed by atoms with van der Waals surface area (Å²) in [4.78, 5) is 28.2. The summed E-state index contributed by atoms with van der Waals surface area (Å²) in [6, 6.07) is 19.0. The number of hydrogen-bond donors (Lipinski definition) is 2. The van der Waals surface area contributed by atoms with E-state index in [4.69, 9.17) is 14.2 Å². The van der Waals surface area contributed by atoms with E-state index in [0.717, 1.165) is 50.4 Å². The molecule has 3 aromatic rings. The Labute approximate surface area is 222 Å². The van der Waals surface area contributed by atoms with Crippen LogP contribution in [0, 0.1) is 0 Å². The number of nitrogens with one attached hydrogen (secondary N) is 2. The number of nitrogens with zero attached hydrogens (tertiary/aromatic N) is 1. The molecule has 1 atom stereocenters. The maximum absolute atomic E-state index is 13.0. The highest BCUT2D eigenvalue weighted by Gasteiger charge is 2.28. The van der Waals surface area contributed by atoms with Crippen LogP contribution in [0.15, 0.2) is 60.7 Å². The number of carbonyl (C=O) groups is 2. The zero-order valence-electron chi connectivity index (χ0n) is 21.8. The first kappa shape index (κ1) is 25.8. The highest BCUT2D eigenvalue weighted by atomic mass is 16.5. The number of carbonyl (C=O) groups excluding carboxylic acids is 2. The molecule has 0 saturated carbocycles. The first-order chi connectivity index (χ1) is 18.5. The fourth-order valence-electron chi connectivity index (χ4n) is 5.16. The molecule has 1 aliphatic heterocycles. The van der Waals surface area contributed by atoms with E-state index in [0.29, 0.717) is 28.7 Å². The van der Waals surface area contributed by atoms with Crippen LogP contribution in [-0.4, -0.2) is 63.3 Å². The van der Waals surface area contributed by atoms with Crippen molar-refractivity contribution in [3.05, 3.63) is 88.5 Å². The highest BCUT2D eigenvalue weighted by Crippen LogP contribution is 2.29. The molecule has 5 rings (SSSR count). The third kappa shape index (κ3) is 5.82. The summed E-state index contributed by atoms with van der Waals surface area (Å²) in [6.07, 6.45) is 2.04. The van der Waals surface area contributed by atoms with Gasteiger partial charge in [-0.15, -0.1) is 0 Å². The van der Waals surface area contributed by atoms with Crippen molar-refractivity contribution >= 4 is 17.5 Å². The fourth-order valence-corrected chi connectivity index (χ4v) is 5.16. The molecular weight excluding hydrogens is 482 g/mol. The molecule has 0 bridgehead atoms. The van der Waals surface area contributed by atoms with Gasteiger partial charge in [-0.05, 0) is 72.0 Å². The van der Waals surface area contributed by atoms with Gasteiger partial charge < -0.3 is 24.8 Å². The summed E-state index contributed by atoms with van der Waals surface area (Å²) in [6.45, 7) is 3.84. The Hall–Kier alpha value is -3.88. The minimum absolute atomic E-state index is 0.180. The molecule has 8 nitrogen and oxygen atoms in total. The Morgan fingerprint density at radius 1 is 0.868 bits per heavy atom. The van der Waals surface area contributed by atoms with E-state index in [2.05, 4.69) is 27.7 Å². The van der Waals surface area contributed by atoms with E-state index >= 15 is 0 Å². The lowest BCUT2D eigenvalue weighted by Crippen LogP contribution is -2.43. The van der Waals surface area contributed by atoms with Crippen molar-refractivity contribution in [3.63, 3.8) is 0 Å². The minimum atomic E-state index is -0.241. The molecule has 198 valence electrons. The number of amides is 2. The van der Waals surface area contributed by atoms with Gasteiger partial charge in [-0.3, -0.25) is 14.5 Å². The number of methoxy groups -OCH3 is 2. The average Bonchev–Trinajstić information content (AvgIpc) is 3.39. The van der Waals surface area contributed by atoms with Crippen molar-refractivity contribution in [2.75, 3.05) is 45.8 Å². The van der Waals surface area contributed by atoms with Crippen molar-refractivity contribution in [1.82, 2.24) is 10.2 Å². The van der Waals surface area contributed by atoms with E-state index in [1.807, 2.05) is 18.2 Å². The van der Waals surface area contributed by atoms with Crippen LogP contribution in [0.25, 0.3) is 0 Å². The SMILES string of the molecule is COc1ccc(C(=O)NCc2cccc(C(=O)Nc3ccc4c(c3)CC(N3CCOCC3)C4)c2)cc1OC. The molecule has 2 aliphatic rings. The molecule has 0 spiro atoms. The Morgan fingerprint density at radius 2 is 1.63 bits per heavy atom. The first-order valence-corrected chi connectivity index (χ1v) is 12.9. The standard InChI is InChI=1S/C30H33N3O5/c1-36-27-9-7-23(18-28(27)37-2)29(34)31-19-20-4-3-5-22(14-20)30(35)32-25-8-6-21-16-26(17-24(21)15-25)33-10-12-38-13-11-33/h3-9,14-15,18,26H,10-13,16-17,19H2,1-2H3,(H,31,34)(H,32,35). The maximum Gasteiger partial charge on any atom is 0.255 e. The number of anilines is 1. The molecule has 8 heteroatoms. The van der Waals surface area contributed by atoms with E-state index in [-0.39, 0.29) is 18.4 Å². The summed E-state index contributed by atoms with van der Waals surface area (Å²) in [7, 11) is 3.08. The van der Waals surface area contributed by atoms with Gasteiger partial charge in [-0.25, -0.2) is 0 Å². The first-order valence-electron chi connectivity index (χ1n) is 12.9. The lowest BCUT2D eigenvalue weighted by Gasteiger charge is -2.32. The van der Waals surface area contributed by atoms with Crippen molar-refractivity contribution in [3.8, 4) is 11.5 Å². The van der Waals surface area contributed by atoms with Crippen LogP contribution < -0.4 is 20.1 Å². The summed E-state index contributed by atoms with van der Waals surface area (Å²) in [5, 5.41) is 5.94. The number of morpholine rings is 1. The van der Waals surface area contributed by atoms with Gasteiger partial charge in [0, 0.05) is 42.5 Å². The van der Waals surface area contributed by atoms with Crippen molar-refractivity contribution in [2.24, 2.45) is 0 Å². The Bertz CT molecular complexity index is 1320. The number of benzene rings is 3. The smallest absolute Gasteiger partial charge is 0.255 e. The van der Waals surface area contributed by atoms with Gasteiger partial charge in [0.05, 0.1) is 27.4 Å². The molecule has 0 radical (unpaired) electrons. The number of ether oxygens (including phenoxy) is 3. The Morgan fingerprint density at radius 3 is 2.42 bits per heavy atom. The molecule has 38 heavy (non-hydrogen) atoms. The number of hydrogen-bond acceptors (Lipinski definition) is 6. The third-order valence-corrected chi connectivity index (χ3v) is 7.23. The van der Waals surface area contributed by atoms with E-state index in [9.17, 15) is 9.59 Å². The van der Waals surface area contributed by atoms with Gasteiger partial charge in [0.2, 0.25) is 0 Å². The van der Waals surface area contributed by atoms with Crippen LogP contribution >= 0.6 is 0 Å². The second kappa shape index (κ2) is 11.7. The largest absolute Gasteiger partial charge is 0.493 e. The van der Waals surface area contributed by atoms with Gasteiger partial charge in [0.15, 0.2) is 11.5 Å². The molecule has 1 heterocycles. The molecule has 2 amide bonds. The molecule has 1 fully saturated rings. The molecule has 2 N–H and O–H groups in total. The summed E-state index contributed by atoms with van der Waals surface area (Å²) >= 11 is 0. The quantitative estimate of drug-likeness (QED) is 0.476. The fraction of sp³-hybridized carbons (Fsp3) is 0.333. The highest BCUT2D eigenvalue weighted by molar-refractivity contribution is 6.04. The summed E-state index contributed by atoms with van der Waals surface area (Å²) in [5.41, 5.74) is 5.27. The monoisotopic (exact) mass is 515 g/mol. The average molecular weight is 516 g/mol. The second-order valence-electron chi connectivity index (χ2n) is 9.60. The third-order valence-electron chi connectivity index (χ3n) is 7.23. The lowest BCUT2D eigenvalue weighted by atomic mass is 10.1.